The minimum absolute atomic E-state index is 0.0839. The zero-order chi connectivity index (χ0) is 21.7. The van der Waals surface area contributed by atoms with Crippen LogP contribution in [0.3, 0.4) is 0 Å². The van der Waals surface area contributed by atoms with Crippen LogP contribution in [0.15, 0.2) is 36.4 Å². The quantitative estimate of drug-likeness (QED) is 0.706. The van der Waals surface area contributed by atoms with Crippen molar-refractivity contribution >= 4 is 5.97 Å². The van der Waals surface area contributed by atoms with Crippen LogP contribution in [0.25, 0.3) is 0 Å². The van der Waals surface area contributed by atoms with Gasteiger partial charge in [0, 0.05) is 0 Å². The first-order valence-electron chi connectivity index (χ1n) is 9.93. The van der Waals surface area contributed by atoms with Crippen LogP contribution in [0, 0.1) is 5.92 Å². The molecule has 1 atom stereocenters. The third-order valence-electron chi connectivity index (χ3n) is 5.68. The SMILES string of the molecule is COc1ccc(C(c2cc(OC)c(OC)c(OC)c2)N2CCC(C(=O)O)CC2)cc1. The summed E-state index contributed by atoms with van der Waals surface area (Å²) in [6.07, 6.45) is 1.23. The van der Waals surface area contributed by atoms with Gasteiger partial charge in [0.25, 0.3) is 0 Å². The first-order valence-corrected chi connectivity index (χ1v) is 9.93. The smallest absolute Gasteiger partial charge is 0.306 e. The molecular formula is C23H29NO6. The summed E-state index contributed by atoms with van der Waals surface area (Å²) in [4.78, 5) is 13.7. The maximum Gasteiger partial charge on any atom is 0.306 e. The van der Waals surface area contributed by atoms with E-state index in [-0.39, 0.29) is 12.0 Å². The maximum atomic E-state index is 11.4. The largest absolute Gasteiger partial charge is 0.497 e. The average Bonchev–Trinajstić information content (AvgIpc) is 2.79. The number of likely N-dealkylation sites (tertiary alicyclic amines) is 1. The third-order valence-corrected chi connectivity index (χ3v) is 5.68. The van der Waals surface area contributed by atoms with Crippen molar-refractivity contribution < 1.29 is 28.8 Å². The number of carbonyl (C=O) groups is 1. The van der Waals surface area contributed by atoms with Crippen LogP contribution in [0.1, 0.15) is 30.0 Å². The number of rotatable bonds is 8. The minimum atomic E-state index is -0.719. The Labute approximate surface area is 177 Å². The monoisotopic (exact) mass is 415 g/mol. The predicted octanol–water partition coefficient (Wildman–Crippen LogP) is 3.61. The lowest BCUT2D eigenvalue weighted by Gasteiger charge is -2.37. The molecule has 2 aromatic rings. The highest BCUT2D eigenvalue weighted by atomic mass is 16.5. The van der Waals surface area contributed by atoms with E-state index in [9.17, 15) is 9.90 Å². The van der Waals surface area contributed by atoms with E-state index in [0.717, 1.165) is 16.9 Å². The Morgan fingerprint density at radius 2 is 1.47 bits per heavy atom. The number of hydrogen-bond donors (Lipinski definition) is 1. The lowest BCUT2D eigenvalue weighted by Crippen LogP contribution is -2.39. The average molecular weight is 415 g/mol. The fourth-order valence-electron chi connectivity index (χ4n) is 4.06. The zero-order valence-corrected chi connectivity index (χ0v) is 17.9. The van der Waals surface area contributed by atoms with E-state index in [2.05, 4.69) is 4.90 Å². The number of ether oxygens (including phenoxy) is 4. The molecule has 1 saturated heterocycles. The van der Waals surface area contributed by atoms with Crippen molar-refractivity contribution in [2.75, 3.05) is 41.5 Å². The standard InChI is InChI=1S/C23H29NO6/c1-27-18-7-5-15(6-8-18)21(24-11-9-16(10-12-24)23(25)26)17-13-19(28-2)22(30-4)20(14-17)29-3/h5-8,13-14,16,21H,9-12H2,1-4H3,(H,25,26). The Kier molecular flexibility index (Phi) is 7.05. The molecule has 0 aliphatic carbocycles. The Hall–Kier alpha value is -2.93. The lowest BCUT2D eigenvalue weighted by molar-refractivity contribution is -0.143. The molecule has 0 radical (unpaired) electrons. The zero-order valence-electron chi connectivity index (χ0n) is 17.9. The van der Waals surface area contributed by atoms with Crippen molar-refractivity contribution in [2.45, 2.75) is 18.9 Å². The van der Waals surface area contributed by atoms with E-state index in [0.29, 0.717) is 43.2 Å². The fraction of sp³-hybridized carbons (Fsp3) is 0.435. The van der Waals surface area contributed by atoms with Gasteiger partial charge in [0.15, 0.2) is 11.5 Å². The molecule has 1 unspecified atom stereocenters. The third kappa shape index (κ3) is 4.46. The highest BCUT2D eigenvalue weighted by molar-refractivity contribution is 5.70. The molecular weight excluding hydrogens is 386 g/mol. The number of carboxylic acid groups (broad SMARTS) is 1. The van der Waals surface area contributed by atoms with Crippen molar-refractivity contribution in [2.24, 2.45) is 5.92 Å². The molecule has 1 aliphatic rings. The van der Waals surface area contributed by atoms with Crippen LogP contribution >= 0.6 is 0 Å². The van der Waals surface area contributed by atoms with Crippen LogP contribution in [0.4, 0.5) is 0 Å². The second-order valence-electron chi connectivity index (χ2n) is 7.28. The van der Waals surface area contributed by atoms with Gasteiger partial charge in [-0.15, -0.1) is 0 Å². The van der Waals surface area contributed by atoms with Crippen LogP contribution in [-0.2, 0) is 4.79 Å². The summed E-state index contributed by atoms with van der Waals surface area (Å²) in [5.41, 5.74) is 2.07. The summed E-state index contributed by atoms with van der Waals surface area (Å²) in [6.45, 7) is 1.37. The number of hydrogen-bond acceptors (Lipinski definition) is 6. The Morgan fingerprint density at radius 3 is 1.90 bits per heavy atom. The summed E-state index contributed by atoms with van der Waals surface area (Å²) in [5, 5.41) is 9.37. The second kappa shape index (κ2) is 9.71. The van der Waals surface area contributed by atoms with Gasteiger partial charge in [-0.25, -0.2) is 0 Å². The number of benzene rings is 2. The maximum absolute atomic E-state index is 11.4. The lowest BCUT2D eigenvalue weighted by atomic mass is 9.91. The van der Waals surface area contributed by atoms with Crippen molar-refractivity contribution in [1.82, 2.24) is 4.90 Å². The van der Waals surface area contributed by atoms with Gasteiger partial charge in [-0.1, -0.05) is 12.1 Å². The van der Waals surface area contributed by atoms with E-state index >= 15 is 0 Å². The van der Waals surface area contributed by atoms with E-state index in [1.807, 2.05) is 36.4 Å². The van der Waals surface area contributed by atoms with Gasteiger partial charge in [0.1, 0.15) is 5.75 Å². The van der Waals surface area contributed by atoms with Crippen molar-refractivity contribution in [3.8, 4) is 23.0 Å². The molecule has 7 heteroatoms. The molecule has 0 amide bonds. The molecule has 7 nitrogen and oxygen atoms in total. The fourth-order valence-corrected chi connectivity index (χ4v) is 4.06. The summed E-state index contributed by atoms with van der Waals surface area (Å²) in [5.74, 6) is 1.49. The van der Waals surface area contributed by atoms with Gasteiger partial charge in [-0.05, 0) is 61.3 Å². The summed E-state index contributed by atoms with van der Waals surface area (Å²) >= 11 is 0. The molecule has 162 valence electrons. The van der Waals surface area contributed by atoms with Gasteiger partial charge in [0.05, 0.1) is 40.4 Å². The summed E-state index contributed by atoms with van der Waals surface area (Å²) < 4.78 is 21.9. The Bertz CT molecular complexity index is 833. The highest BCUT2D eigenvalue weighted by Crippen LogP contribution is 2.43. The topological polar surface area (TPSA) is 77.5 Å². The van der Waals surface area contributed by atoms with Gasteiger partial charge in [-0.3, -0.25) is 9.69 Å². The molecule has 1 aliphatic heterocycles. The van der Waals surface area contributed by atoms with Crippen LogP contribution in [0.5, 0.6) is 23.0 Å². The number of piperidine rings is 1. The van der Waals surface area contributed by atoms with E-state index in [4.69, 9.17) is 18.9 Å². The minimum Gasteiger partial charge on any atom is -0.497 e. The molecule has 0 bridgehead atoms. The van der Waals surface area contributed by atoms with E-state index < -0.39 is 5.97 Å². The van der Waals surface area contributed by atoms with Gasteiger partial charge >= 0.3 is 5.97 Å². The van der Waals surface area contributed by atoms with E-state index in [1.54, 1.807) is 28.4 Å². The van der Waals surface area contributed by atoms with Crippen LogP contribution in [0.2, 0.25) is 0 Å². The molecule has 0 saturated carbocycles. The molecule has 1 fully saturated rings. The van der Waals surface area contributed by atoms with Gasteiger partial charge in [0.2, 0.25) is 5.75 Å². The molecule has 0 spiro atoms. The molecule has 0 aromatic heterocycles. The van der Waals surface area contributed by atoms with Gasteiger partial charge in [-0.2, -0.15) is 0 Å². The van der Waals surface area contributed by atoms with E-state index in [1.165, 1.54) is 0 Å². The number of carboxylic acids is 1. The molecule has 3 rings (SSSR count). The van der Waals surface area contributed by atoms with Crippen molar-refractivity contribution in [3.63, 3.8) is 0 Å². The van der Waals surface area contributed by atoms with Crippen molar-refractivity contribution in [1.29, 1.82) is 0 Å². The first kappa shape index (κ1) is 21.8. The van der Waals surface area contributed by atoms with Crippen molar-refractivity contribution in [3.05, 3.63) is 47.5 Å². The predicted molar refractivity (Wildman–Crippen MR) is 113 cm³/mol. The molecule has 30 heavy (non-hydrogen) atoms. The van der Waals surface area contributed by atoms with Crippen LogP contribution in [-0.4, -0.2) is 57.5 Å². The Balaban J connectivity index is 2.04. The normalized spacial score (nSPS) is 16.0. The number of nitrogens with zero attached hydrogens (tertiary/aromatic N) is 1. The number of methoxy groups -OCH3 is 4. The molecule has 1 heterocycles. The van der Waals surface area contributed by atoms with Crippen LogP contribution < -0.4 is 18.9 Å². The number of aliphatic carboxylic acids is 1. The Morgan fingerprint density at radius 1 is 0.900 bits per heavy atom. The first-order chi connectivity index (χ1) is 14.5. The summed E-state index contributed by atoms with van der Waals surface area (Å²) in [7, 11) is 6.42. The second-order valence-corrected chi connectivity index (χ2v) is 7.28. The highest BCUT2D eigenvalue weighted by Gasteiger charge is 2.31. The molecule has 1 N–H and O–H groups in total. The molecule has 2 aromatic carbocycles. The summed E-state index contributed by atoms with van der Waals surface area (Å²) in [6, 6.07) is 11.8. The van der Waals surface area contributed by atoms with Gasteiger partial charge < -0.3 is 24.1 Å².